The summed E-state index contributed by atoms with van der Waals surface area (Å²) >= 11 is 0. The van der Waals surface area contributed by atoms with Gasteiger partial charge >= 0.3 is 0 Å². The van der Waals surface area contributed by atoms with Crippen LogP contribution in [0.4, 0.5) is 4.39 Å². The third-order valence-corrected chi connectivity index (χ3v) is 5.94. The second-order valence-electron chi connectivity index (χ2n) is 8.50. The van der Waals surface area contributed by atoms with Gasteiger partial charge in [-0.2, -0.15) is 4.73 Å². The highest BCUT2D eigenvalue weighted by Gasteiger charge is 2.40. The second-order valence-corrected chi connectivity index (χ2v) is 8.50. The molecule has 0 bridgehead atoms. The molecule has 9 heteroatoms. The van der Waals surface area contributed by atoms with Crippen LogP contribution in [0.25, 0.3) is 0 Å². The minimum Gasteiger partial charge on any atom is -0.618 e. The van der Waals surface area contributed by atoms with Crippen molar-refractivity contribution < 1.29 is 33.0 Å². The molecular weight excluding hydrogens is 491 g/mol. The summed E-state index contributed by atoms with van der Waals surface area (Å²) in [7, 11) is 0. The lowest BCUT2D eigenvalue weighted by atomic mass is 10.1. The third kappa shape index (κ3) is 5.18. The van der Waals surface area contributed by atoms with E-state index in [9.17, 15) is 19.2 Å². The van der Waals surface area contributed by atoms with Crippen LogP contribution < -0.4 is 14.2 Å². The van der Waals surface area contributed by atoms with Crippen LogP contribution in [-0.4, -0.2) is 23.6 Å². The van der Waals surface area contributed by atoms with Crippen molar-refractivity contribution in [3.05, 3.63) is 130 Å². The standard InChI is InChI=1S/C29H23FN2O6/c30-16-26(38-32-28(33)22-13-7-8-14-23(22)29(32)34)24-15-25(36-18-20-9-3-1-4-10-20)27(17-31(24)35)37-19-21-11-5-2-6-12-21/h1-15,17,26H,16,18-19H2. The number of ether oxygens (including phenoxy) is 2. The van der Waals surface area contributed by atoms with Gasteiger partial charge in [0.05, 0.1) is 17.2 Å². The first kappa shape index (κ1) is 24.9. The Bertz CT molecular complexity index is 1410. The van der Waals surface area contributed by atoms with Crippen LogP contribution in [0, 0.1) is 5.21 Å². The number of carbonyl (C=O) groups is 2. The van der Waals surface area contributed by atoms with Gasteiger partial charge in [0.15, 0.2) is 11.9 Å². The van der Waals surface area contributed by atoms with E-state index in [0.717, 1.165) is 17.3 Å². The lowest BCUT2D eigenvalue weighted by Gasteiger charge is -2.21. The molecule has 3 aromatic carbocycles. The maximum absolute atomic E-state index is 14.2. The Kier molecular flexibility index (Phi) is 7.28. The molecule has 1 atom stereocenters. The fraction of sp³-hybridized carbons (Fsp3) is 0.138. The first-order valence-electron chi connectivity index (χ1n) is 11.9. The summed E-state index contributed by atoms with van der Waals surface area (Å²) in [6, 6.07) is 26.2. The van der Waals surface area contributed by atoms with Crippen LogP contribution in [0.15, 0.2) is 97.2 Å². The number of rotatable bonds is 10. The normalized spacial score (nSPS) is 13.3. The number of imide groups is 1. The highest BCUT2D eigenvalue weighted by Crippen LogP contribution is 2.32. The van der Waals surface area contributed by atoms with Gasteiger partial charge in [0.2, 0.25) is 17.6 Å². The van der Waals surface area contributed by atoms with Crippen molar-refractivity contribution in [3.63, 3.8) is 0 Å². The molecule has 1 unspecified atom stereocenters. The molecule has 0 fully saturated rings. The zero-order valence-corrected chi connectivity index (χ0v) is 20.2. The molecule has 2 heterocycles. The zero-order valence-electron chi connectivity index (χ0n) is 20.2. The molecule has 0 N–H and O–H groups in total. The number of carbonyl (C=O) groups excluding carboxylic acids is 2. The Balaban J connectivity index is 1.42. The van der Waals surface area contributed by atoms with Crippen molar-refractivity contribution >= 4 is 11.8 Å². The summed E-state index contributed by atoms with van der Waals surface area (Å²) < 4.78 is 26.4. The molecule has 5 rings (SSSR count). The molecule has 0 saturated heterocycles. The quantitative estimate of drug-likeness (QED) is 0.173. The van der Waals surface area contributed by atoms with Crippen molar-refractivity contribution in [1.29, 1.82) is 0 Å². The Morgan fingerprint density at radius 1 is 0.763 bits per heavy atom. The number of benzene rings is 3. The predicted molar refractivity (Wildman–Crippen MR) is 134 cm³/mol. The van der Waals surface area contributed by atoms with E-state index in [4.69, 9.17) is 14.3 Å². The van der Waals surface area contributed by atoms with Gasteiger partial charge in [0.25, 0.3) is 11.8 Å². The summed E-state index contributed by atoms with van der Waals surface area (Å²) in [5.74, 6) is -1.15. The number of nitrogens with zero attached hydrogens (tertiary/aromatic N) is 2. The number of aromatic nitrogens is 1. The Labute approximate surface area is 218 Å². The highest BCUT2D eigenvalue weighted by molar-refractivity contribution is 6.20. The SMILES string of the molecule is O=C1c2ccccc2C(=O)N1OC(CF)c1cc(OCc2ccccc2)c(OCc2ccccc2)c[n+]1[O-]. The van der Waals surface area contributed by atoms with Gasteiger partial charge in [0.1, 0.15) is 19.9 Å². The number of hydrogen-bond donors (Lipinski definition) is 0. The van der Waals surface area contributed by atoms with Gasteiger partial charge in [-0.15, -0.1) is 5.06 Å². The molecule has 1 aliphatic rings. The molecule has 1 aromatic heterocycles. The second kappa shape index (κ2) is 11.1. The lowest BCUT2D eigenvalue weighted by molar-refractivity contribution is -0.620. The van der Waals surface area contributed by atoms with Crippen LogP contribution in [0.3, 0.4) is 0 Å². The summed E-state index contributed by atoms with van der Waals surface area (Å²) in [5, 5.41) is 13.5. The van der Waals surface area contributed by atoms with E-state index in [1.807, 2.05) is 60.7 Å². The molecule has 0 aliphatic carbocycles. The maximum Gasteiger partial charge on any atom is 0.285 e. The Hall–Kier alpha value is -4.76. The number of amides is 2. The van der Waals surface area contributed by atoms with Crippen LogP contribution in [-0.2, 0) is 18.1 Å². The molecule has 0 spiro atoms. The fourth-order valence-electron chi connectivity index (χ4n) is 3.99. The molecular formula is C29H23FN2O6. The number of halogens is 1. The number of alkyl halides is 1. The van der Waals surface area contributed by atoms with Crippen molar-refractivity contribution in [2.24, 2.45) is 0 Å². The van der Waals surface area contributed by atoms with Crippen molar-refractivity contribution in [1.82, 2.24) is 5.06 Å². The van der Waals surface area contributed by atoms with Crippen molar-refractivity contribution in [2.45, 2.75) is 19.3 Å². The monoisotopic (exact) mass is 514 g/mol. The van der Waals surface area contributed by atoms with E-state index < -0.39 is 24.6 Å². The summed E-state index contributed by atoms with van der Waals surface area (Å²) in [6.07, 6.45) is -0.440. The first-order chi connectivity index (χ1) is 18.5. The van der Waals surface area contributed by atoms with Crippen LogP contribution in [0.5, 0.6) is 11.5 Å². The van der Waals surface area contributed by atoms with Gasteiger partial charge in [-0.05, 0) is 23.3 Å². The van der Waals surface area contributed by atoms with E-state index in [0.29, 0.717) is 9.79 Å². The molecule has 4 aromatic rings. The molecule has 38 heavy (non-hydrogen) atoms. The van der Waals surface area contributed by atoms with Gasteiger partial charge in [-0.1, -0.05) is 72.8 Å². The summed E-state index contributed by atoms with van der Waals surface area (Å²) in [4.78, 5) is 30.9. The van der Waals surface area contributed by atoms with E-state index in [2.05, 4.69) is 0 Å². The van der Waals surface area contributed by atoms with Crippen LogP contribution >= 0.6 is 0 Å². The maximum atomic E-state index is 14.2. The van der Waals surface area contributed by atoms with E-state index in [1.54, 1.807) is 12.1 Å². The largest absolute Gasteiger partial charge is 0.618 e. The average Bonchev–Trinajstić information content (AvgIpc) is 3.20. The molecule has 1 aliphatic heterocycles. The number of hydrogen-bond acceptors (Lipinski definition) is 6. The predicted octanol–water partition coefficient (Wildman–Crippen LogP) is 4.72. The van der Waals surface area contributed by atoms with Gasteiger partial charge in [-0.3, -0.25) is 9.59 Å². The smallest absolute Gasteiger partial charge is 0.285 e. The molecule has 2 amide bonds. The van der Waals surface area contributed by atoms with Crippen LogP contribution in [0.2, 0.25) is 0 Å². The van der Waals surface area contributed by atoms with Crippen molar-refractivity contribution in [3.8, 4) is 11.5 Å². The van der Waals surface area contributed by atoms with E-state index in [-0.39, 0.29) is 41.5 Å². The first-order valence-corrected chi connectivity index (χ1v) is 11.9. The topological polar surface area (TPSA) is 92.0 Å². The Morgan fingerprint density at radius 3 is 1.79 bits per heavy atom. The number of pyridine rings is 1. The Morgan fingerprint density at radius 2 is 1.26 bits per heavy atom. The summed E-state index contributed by atoms with van der Waals surface area (Å²) in [6.45, 7) is -0.859. The van der Waals surface area contributed by atoms with Crippen LogP contribution in [0.1, 0.15) is 43.6 Å². The number of fused-ring (bicyclic) bond motifs is 1. The minimum absolute atomic E-state index is 0.140. The number of hydroxylamine groups is 2. The average molecular weight is 515 g/mol. The highest BCUT2D eigenvalue weighted by atomic mass is 19.1. The lowest BCUT2D eigenvalue weighted by Crippen LogP contribution is -2.39. The third-order valence-electron chi connectivity index (χ3n) is 5.94. The molecule has 8 nitrogen and oxygen atoms in total. The van der Waals surface area contributed by atoms with Crippen molar-refractivity contribution in [2.75, 3.05) is 6.67 Å². The minimum atomic E-state index is -1.56. The fourth-order valence-corrected chi connectivity index (χ4v) is 3.99. The van der Waals surface area contributed by atoms with Gasteiger partial charge in [-0.25, -0.2) is 9.23 Å². The van der Waals surface area contributed by atoms with Gasteiger partial charge < -0.3 is 14.7 Å². The molecule has 0 saturated carbocycles. The van der Waals surface area contributed by atoms with E-state index >= 15 is 0 Å². The van der Waals surface area contributed by atoms with E-state index in [1.165, 1.54) is 18.2 Å². The van der Waals surface area contributed by atoms with Gasteiger partial charge in [0, 0.05) is 0 Å². The molecule has 0 radical (unpaired) electrons. The zero-order chi connectivity index (χ0) is 26.5. The molecule has 192 valence electrons. The summed E-state index contributed by atoms with van der Waals surface area (Å²) in [5.41, 5.74) is 1.83.